The van der Waals surface area contributed by atoms with Gasteiger partial charge in [0.05, 0.1) is 18.8 Å². The minimum atomic E-state index is -1.20. The molecule has 0 radical (unpaired) electrons. The van der Waals surface area contributed by atoms with Gasteiger partial charge < -0.3 is 24.6 Å². The molecule has 1 fully saturated rings. The van der Waals surface area contributed by atoms with Gasteiger partial charge in [-0.15, -0.1) is 0 Å². The fraction of sp³-hybridized carbons (Fsp3) is 0.571. The lowest BCUT2D eigenvalue weighted by molar-refractivity contribution is -0.142. The number of esters is 2. The van der Waals surface area contributed by atoms with E-state index in [4.69, 9.17) is 9.47 Å². The Morgan fingerprint density at radius 1 is 1.09 bits per heavy atom. The van der Waals surface area contributed by atoms with Crippen molar-refractivity contribution in [1.82, 2.24) is 14.5 Å². The van der Waals surface area contributed by atoms with Crippen LogP contribution in [0.5, 0.6) is 5.75 Å². The molecule has 1 saturated heterocycles. The number of nitrogens with zero attached hydrogens (tertiary/aromatic N) is 3. The average molecular weight is 449 g/mol. The number of rotatable bonds is 7. The van der Waals surface area contributed by atoms with E-state index in [0.29, 0.717) is 18.8 Å². The number of aromatic hydroxyl groups is 1. The SMILES string of the molecule is CCOC(=O)C(=C(CC)C(=O)O)N1CC2CC(C1)c1nc(C(=O)OCC)c(O)c(=O)n1C2. The van der Waals surface area contributed by atoms with Crippen LogP contribution < -0.4 is 5.56 Å². The van der Waals surface area contributed by atoms with Crippen LogP contribution in [0.1, 0.15) is 55.8 Å². The predicted octanol–water partition coefficient (Wildman–Crippen LogP) is 0.857. The second-order valence-electron chi connectivity index (χ2n) is 7.71. The summed E-state index contributed by atoms with van der Waals surface area (Å²) in [6, 6.07) is 0. The maximum absolute atomic E-state index is 12.7. The van der Waals surface area contributed by atoms with Crippen molar-refractivity contribution in [3.8, 4) is 5.75 Å². The minimum absolute atomic E-state index is 0.00302. The highest BCUT2D eigenvalue weighted by Crippen LogP contribution is 2.37. The molecule has 2 bridgehead atoms. The number of carbonyl (C=O) groups is 3. The summed E-state index contributed by atoms with van der Waals surface area (Å²) in [5.74, 6) is -3.72. The molecule has 174 valence electrons. The van der Waals surface area contributed by atoms with Crippen LogP contribution in [0.4, 0.5) is 0 Å². The molecule has 0 aromatic carbocycles. The number of carbonyl (C=O) groups excluding carboxylic acids is 2. The van der Waals surface area contributed by atoms with Crippen molar-refractivity contribution in [2.24, 2.45) is 5.92 Å². The van der Waals surface area contributed by atoms with Gasteiger partial charge in [0.1, 0.15) is 11.5 Å². The first-order valence-electron chi connectivity index (χ1n) is 10.6. The van der Waals surface area contributed by atoms with Crippen molar-refractivity contribution in [3.05, 3.63) is 33.1 Å². The van der Waals surface area contributed by atoms with Crippen LogP contribution in [0.15, 0.2) is 16.1 Å². The number of hydrogen-bond donors (Lipinski definition) is 2. The summed E-state index contributed by atoms with van der Waals surface area (Å²) in [6.07, 6.45) is 0.769. The van der Waals surface area contributed by atoms with Crippen LogP contribution in [-0.2, 0) is 25.6 Å². The van der Waals surface area contributed by atoms with Crippen molar-refractivity contribution in [1.29, 1.82) is 0 Å². The Kier molecular flexibility index (Phi) is 6.85. The number of likely N-dealkylation sites (tertiary alicyclic amines) is 1. The normalized spacial score (nSPS) is 20.2. The highest BCUT2D eigenvalue weighted by molar-refractivity contribution is 5.99. The first kappa shape index (κ1) is 23.3. The summed E-state index contributed by atoms with van der Waals surface area (Å²) in [5.41, 5.74) is -1.22. The Balaban J connectivity index is 2.05. The third-order valence-electron chi connectivity index (χ3n) is 5.67. The summed E-state index contributed by atoms with van der Waals surface area (Å²) in [4.78, 5) is 55.3. The van der Waals surface area contributed by atoms with E-state index in [1.807, 2.05) is 0 Å². The smallest absolute Gasteiger partial charge is 0.361 e. The van der Waals surface area contributed by atoms with Crippen LogP contribution in [0.2, 0.25) is 0 Å². The maximum Gasteiger partial charge on any atom is 0.361 e. The van der Waals surface area contributed by atoms with Gasteiger partial charge in [-0.25, -0.2) is 19.4 Å². The molecule has 0 spiro atoms. The molecule has 2 unspecified atom stereocenters. The van der Waals surface area contributed by atoms with Gasteiger partial charge >= 0.3 is 17.9 Å². The minimum Gasteiger partial charge on any atom is -0.501 e. The molecule has 2 aliphatic heterocycles. The van der Waals surface area contributed by atoms with Gasteiger partial charge in [-0.05, 0) is 32.6 Å². The van der Waals surface area contributed by atoms with Crippen molar-refractivity contribution < 1.29 is 34.1 Å². The van der Waals surface area contributed by atoms with E-state index in [0.717, 1.165) is 0 Å². The number of carboxylic acids is 1. The monoisotopic (exact) mass is 449 g/mol. The van der Waals surface area contributed by atoms with Gasteiger partial charge in [0.25, 0.3) is 5.56 Å². The van der Waals surface area contributed by atoms with Gasteiger partial charge in [0.2, 0.25) is 5.75 Å². The lowest BCUT2D eigenvalue weighted by Gasteiger charge is -2.43. The van der Waals surface area contributed by atoms with Crippen LogP contribution in [0, 0.1) is 5.92 Å². The molecule has 1 aromatic heterocycles. The molecule has 0 aliphatic carbocycles. The zero-order valence-corrected chi connectivity index (χ0v) is 18.3. The third kappa shape index (κ3) is 4.19. The molecule has 0 amide bonds. The van der Waals surface area contributed by atoms with Crippen LogP contribution in [0.25, 0.3) is 0 Å². The van der Waals surface area contributed by atoms with Crippen LogP contribution in [0.3, 0.4) is 0 Å². The van der Waals surface area contributed by atoms with E-state index in [1.165, 1.54) is 4.57 Å². The van der Waals surface area contributed by atoms with Crippen LogP contribution in [-0.4, -0.2) is 68.9 Å². The largest absolute Gasteiger partial charge is 0.501 e. The number of carboxylic acid groups (broad SMARTS) is 1. The standard InChI is InChI=1S/C21H27N3O8/c1-4-13(19(27)28)15(21(30)32-6-3)23-8-11-7-12(10-23)17-22-14(20(29)31-5-2)16(25)18(26)24(17)9-11/h11-12,25H,4-10H2,1-3H3,(H,27,28). The number of piperidine rings is 1. The quantitative estimate of drug-likeness (QED) is 0.453. The van der Waals surface area contributed by atoms with E-state index in [1.54, 1.807) is 25.7 Å². The third-order valence-corrected chi connectivity index (χ3v) is 5.67. The maximum atomic E-state index is 12.7. The molecule has 1 aromatic rings. The lowest BCUT2D eigenvalue weighted by Crippen LogP contribution is -2.49. The number of aromatic nitrogens is 2. The van der Waals surface area contributed by atoms with Crippen LogP contribution >= 0.6 is 0 Å². The van der Waals surface area contributed by atoms with Gasteiger partial charge in [0.15, 0.2) is 5.69 Å². The van der Waals surface area contributed by atoms with E-state index in [2.05, 4.69) is 4.98 Å². The van der Waals surface area contributed by atoms with Gasteiger partial charge in [-0.1, -0.05) is 6.92 Å². The molecule has 11 heteroatoms. The first-order valence-corrected chi connectivity index (χ1v) is 10.6. The Bertz CT molecular complexity index is 1030. The lowest BCUT2D eigenvalue weighted by atomic mass is 9.84. The van der Waals surface area contributed by atoms with E-state index in [9.17, 15) is 29.4 Å². The fourth-order valence-corrected chi connectivity index (χ4v) is 4.42. The average Bonchev–Trinajstić information content (AvgIpc) is 2.74. The number of hydrogen-bond acceptors (Lipinski definition) is 9. The molecule has 2 aliphatic rings. The van der Waals surface area contributed by atoms with Gasteiger partial charge in [-0.2, -0.15) is 0 Å². The zero-order valence-electron chi connectivity index (χ0n) is 18.3. The zero-order chi connectivity index (χ0) is 23.6. The second-order valence-corrected chi connectivity index (χ2v) is 7.71. The van der Waals surface area contributed by atoms with Crippen molar-refractivity contribution in [3.63, 3.8) is 0 Å². The molecule has 0 saturated carbocycles. The summed E-state index contributed by atoms with van der Waals surface area (Å²) < 4.78 is 11.4. The molecule has 2 N–H and O–H groups in total. The number of ether oxygens (including phenoxy) is 2. The second kappa shape index (κ2) is 9.41. The van der Waals surface area contributed by atoms with Gasteiger partial charge in [-0.3, -0.25) is 9.36 Å². The Morgan fingerprint density at radius 3 is 2.38 bits per heavy atom. The molecular weight excluding hydrogens is 422 g/mol. The molecule has 11 nitrogen and oxygen atoms in total. The van der Waals surface area contributed by atoms with Crippen molar-refractivity contribution in [2.45, 2.75) is 46.1 Å². The molecule has 32 heavy (non-hydrogen) atoms. The molecule has 3 rings (SSSR count). The Labute approximate surface area is 184 Å². The fourth-order valence-electron chi connectivity index (χ4n) is 4.42. The summed E-state index contributed by atoms with van der Waals surface area (Å²) in [6.45, 7) is 5.81. The number of fused-ring (bicyclic) bond motifs is 4. The van der Waals surface area contributed by atoms with E-state index >= 15 is 0 Å². The Hall–Kier alpha value is -3.37. The predicted molar refractivity (Wildman–Crippen MR) is 110 cm³/mol. The molecular formula is C21H27N3O8. The summed E-state index contributed by atoms with van der Waals surface area (Å²) in [7, 11) is 0. The first-order chi connectivity index (χ1) is 15.2. The van der Waals surface area contributed by atoms with Crippen molar-refractivity contribution in [2.75, 3.05) is 26.3 Å². The molecule has 2 atom stereocenters. The highest BCUT2D eigenvalue weighted by atomic mass is 16.5. The van der Waals surface area contributed by atoms with E-state index in [-0.39, 0.29) is 55.8 Å². The number of aliphatic carboxylic acids is 1. The van der Waals surface area contributed by atoms with Crippen molar-refractivity contribution >= 4 is 17.9 Å². The molecule has 3 heterocycles. The highest BCUT2D eigenvalue weighted by Gasteiger charge is 2.40. The van der Waals surface area contributed by atoms with E-state index < -0.39 is 34.9 Å². The summed E-state index contributed by atoms with van der Waals surface area (Å²) in [5, 5.41) is 19.8. The Morgan fingerprint density at radius 2 is 1.78 bits per heavy atom. The van der Waals surface area contributed by atoms with Gasteiger partial charge in [0, 0.05) is 25.6 Å². The topological polar surface area (TPSA) is 148 Å². The summed E-state index contributed by atoms with van der Waals surface area (Å²) >= 11 is 0.